The molecule has 1 atom stereocenters. The fourth-order valence-corrected chi connectivity index (χ4v) is 1.58. The first-order chi connectivity index (χ1) is 6.38. The summed E-state index contributed by atoms with van der Waals surface area (Å²) in [5.41, 5.74) is 8.13. The molecule has 1 saturated heterocycles. The Morgan fingerprint density at radius 3 is 3.23 bits per heavy atom. The highest BCUT2D eigenvalue weighted by Crippen LogP contribution is 2.09. The number of rotatable bonds is 4. The van der Waals surface area contributed by atoms with Crippen molar-refractivity contribution in [2.24, 2.45) is 5.11 Å². The van der Waals surface area contributed by atoms with Crippen molar-refractivity contribution in [1.29, 1.82) is 0 Å². The van der Waals surface area contributed by atoms with Gasteiger partial charge >= 0.3 is 0 Å². The fraction of sp³-hybridized carbons (Fsp3) is 1.00. The Balaban J connectivity index is 2.31. The molecule has 13 heavy (non-hydrogen) atoms. The van der Waals surface area contributed by atoms with Crippen LogP contribution in [0.1, 0.15) is 13.3 Å². The summed E-state index contributed by atoms with van der Waals surface area (Å²) < 4.78 is 5.36. The zero-order chi connectivity index (χ0) is 9.52. The second-order valence-corrected chi connectivity index (χ2v) is 3.13. The smallest absolute Gasteiger partial charge is 0.0622 e. The molecule has 1 aliphatic heterocycles. The molecule has 1 aliphatic rings. The average molecular weight is 184 g/mol. The Bertz CT molecular complexity index is 191. The van der Waals surface area contributed by atoms with E-state index in [9.17, 15) is 0 Å². The van der Waals surface area contributed by atoms with Crippen molar-refractivity contribution in [3.8, 4) is 0 Å². The number of azide groups is 1. The number of hydrogen-bond acceptors (Lipinski definition) is 3. The van der Waals surface area contributed by atoms with Crippen molar-refractivity contribution in [3.63, 3.8) is 0 Å². The molecular weight excluding hydrogens is 168 g/mol. The minimum absolute atomic E-state index is 0.502. The van der Waals surface area contributed by atoms with Gasteiger partial charge in [0.25, 0.3) is 0 Å². The minimum atomic E-state index is 0.502. The first-order valence-electron chi connectivity index (χ1n) is 4.71. The first kappa shape index (κ1) is 10.3. The van der Waals surface area contributed by atoms with Crippen molar-refractivity contribution in [2.75, 3.05) is 32.8 Å². The Kier molecular flexibility index (Phi) is 4.60. The predicted molar refractivity (Wildman–Crippen MR) is 50.5 cm³/mol. The van der Waals surface area contributed by atoms with Gasteiger partial charge in [0.15, 0.2) is 0 Å². The number of nitrogens with zero attached hydrogens (tertiary/aromatic N) is 4. The highest BCUT2D eigenvalue weighted by molar-refractivity contribution is 4.74. The van der Waals surface area contributed by atoms with E-state index in [0.29, 0.717) is 12.6 Å². The molecule has 0 saturated carbocycles. The van der Waals surface area contributed by atoms with Crippen molar-refractivity contribution in [1.82, 2.24) is 4.90 Å². The van der Waals surface area contributed by atoms with Crippen molar-refractivity contribution < 1.29 is 4.74 Å². The molecule has 0 bridgehead atoms. The molecule has 1 fully saturated rings. The quantitative estimate of drug-likeness (QED) is 0.376. The zero-order valence-electron chi connectivity index (χ0n) is 8.02. The summed E-state index contributed by atoms with van der Waals surface area (Å²) in [6.45, 7) is 6.14. The van der Waals surface area contributed by atoms with E-state index in [1.807, 2.05) is 0 Å². The maximum Gasteiger partial charge on any atom is 0.0622 e. The summed E-state index contributed by atoms with van der Waals surface area (Å²) in [7, 11) is 0. The van der Waals surface area contributed by atoms with E-state index in [1.165, 1.54) is 0 Å². The van der Waals surface area contributed by atoms with E-state index in [-0.39, 0.29) is 0 Å². The van der Waals surface area contributed by atoms with Crippen LogP contribution in [0, 0.1) is 0 Å². The van der Waals surface area contributed by atoms with Gasteiger partial charge in [-0.05, 0) is 12.0 Å². The van der Waals surface area contributed by atoms with Crippen LogP contribution in [0.2, 0.25) is 0 Å². The molecule has 0 spiro atoms. The van der Waals surface area contributed by atoms with Crippen LogP contribution in [0.15, 0.2) is 5.11 Å². The lowest BCUT2D eigenvalue weighted by Gasteiger charge is -2.34. The molecule has 1 rings (SSSR count). The minimum Gasteiger partial charge on any atom is -0.378 e. The van der Waals surface area contributed by atoms with Gasteiger partial charge in [-0.2, -0.15) is 0 Å². The Morgan fingerprint density at radius 1 is 1.69 bits per heavy atom. The molecule has 1 heterocycles. The lowest BCUT2D eigenvalue weighted by molar-refractivity contribution is -0.00691. The highest BCUT2D eigenvalue weighted by atomic mass is 16.5. The maximum atomic E-state index is 8.13. The van der Waals surface area contributed by atoms with Crippen molar-refractivity contribution >= 4 is 0 Å². The van der Waals surface area contributed by atoms with Gasteiger partial charge in [-0.25, -0.2) is 0 Å². The molecule has 0 aliphatic carbocycles. The molecule has 74 valence electrons. The monoisotopic (exact) mass is 184 g/mol. The van der Waals surface area contributed by atoms with Gasteiger partial charge in [0.1, 0.15) is 0 Å². The fourth-order valence-electron chi connectivity index (χ4n) is 1.58. The Labute approximate surface area is 78.3 Å². The van der Waals surface area contributed by atoms with Gasteiger partial charge in [-0.3, -0.25) is 4.90 Å². The molecule has 0 aromatic heterocycles. The molecule has 0 N–H and O–H groups in total. The Morgan fingerprint density at radius 2 is 2.54 bits per heavy atom. The molecule has 5 heteroatoms. The van der Waals surface area contributed by atoms with Crippen molar-refractivity contribution in [2.45, 2.75) is 19.4 Å². The van der Waals surface area contributed by atoms with Gasteiger partial charge in [-0.1, -0.05) is 12.0 Å². The normalized spacial score (nSPS) is 23.9. The van der Waals surface area contributed by atoms with E-state index >= 15 is 0 Å². The van der Waals surface area contributed by atoms with Gasteiger partial charge in [0, 0.05) is 30.6 Å². The van der Waals surface area contributed by atoms with E-state index < -0.39 is 0 Å². The van der Waals surface area contributed by atoms with Crippen LogP contribution in [0.25, 0.3) is 10.4 Å². The standard InChI is InChI=1S/C8H16N4O/c1-2-8-7-13-6-5-12(8)4-3-10-11-9/h8H,2-7H2,1H3. The molecule has 0 amide bonds. The third-order valence-electron chi connectivity index (χ3n) is 2.37. The summed E-state index contributed by atoms with van der Waals surface area (Å²) in [5, 5.41) is 3.53. The first-order valence-corrected chi connectivity index (χ1v) is 4.71. The molecule has 1 unspecified atom stereocenters. The molecular formula is C8H16N4O. The Hall–Kier alpha value is -0.770. The van der Waals surface area contributed by atoms with Crippen LogP contribution in [0.3, 0.4) is 0 Å². The third kappa shape index (κ3) is 3.22. The van der Waals surface area contributed by atoms with Crippen LogP contribution in [0.4, 0.5) is 0 Å². The highest BCUT2D eigenvalue weighted by Gasteiger charge is 2.19. The molecule has 0 aromatic rings. The summed E-state index contributed by atoms with van der Waals surface area (Å²) in [6.07, 6.45) is 1.09. The van der Waals surface area contributed by atoms with E-state index in [0.717, 1.165) is 32.7 Å². The summed E-state index contributed by atoms with van der Waals surface area (Å²) >= 11 is 0. The van der Waals surface area contributed by atoms with Crippen LogP contribution < -0.4 is 0 Å². The van der Waals surface area contributed by atoms with E-state index in [2.05, 4.69) is 21.8 Å². The van der Waals surface area contributed by atoms with Crippen LogP contribution >= 0.6 is 0 Å². The van der Waals surface area contributed by atoms with Crippen LogP contribution in [0.5, 0.6) is 0 Å². The largest absolute Gasteiger partial charge is 0.378 e. The van der Waals surface area contributed by atoms with Gasteiger partial charge in [0.05, 0.1) is 13.2 Å². The van der Waals surface area contributed by atoms with Gasteiger partial charge in [0.2, 0.25) is 0 Å². The summed E-state index contributed by atoms with van der Waals surface area (Å²) in [5.74, 6) is 0. The van der Waals surface area contributed by atoms with Gasteiger partial charge in [-0.15, -0.1) is 0 Å². The zero-order valence-corrected chi connectivity index (χ0v) is 8.02. The van der Waals surface area contributed by atoms with Crippen molar-refractivity contribution in [3.05, 3.63) is 10.4 Å². The summed E-state index contributed by atoms with van der Waals surface area (Å²) in [6, 6.07) is 0.502. The van der Waals surface area contributed by atoms with E-state index in [4.69, 9.17) is 10.3 Å². The number of hydrogen-bond donors (Lipinski definition) is 0. The average Bonchev–Trinajstić information content (AvgIpc) is 2.19. The van der Waals surface area contributed by atoms with Crippen LogP contribution in [-0.2, 0) is 4.74 Å². The molecule has 0 radical (unpaired) electrons. The topological polar surface area (TPSA) is 61.2 Å². The number of ether oxygens (including phenoxy) is 1. The third-order valence-corrected chi connectivity index (χ3v) is 2.37. The predicted octanol–water partition coefficient (Wildman–Crippen LogP) is 1.41. The summed E-state index contributed by atoms with van der Waals surface area (Å²) in [4.78, 5) is 5.07. The van der Waals surface area contributed by atoms with E-state index in [1.54, 1.807) is 0 Å². The molecule has 0 aromatic carbocycles. The molecule has 5 nitrogen and oxygen atoms in total. The second kappa shape index (κ2) is 5.80. The van der Waals surface area contributed by atoms with Gasteiger partial charge < -0.3 is 4.74 Å². The van der Waals surface area contributed by atoms with Crippen LogP contribution in [-0.4, -0.2) is 43.8 Å². The second-order valence-electron chi connectivity index (χ2n) is 3.13. The SMILES string of the molecule is CCC1COCCN1CCN=[N+]=[N-]. The maximum absolute atomic E-state index is 8.13. The lowest BCUT2D eigenvalue weighted by Crippen LogP contribution is -2.46. The lowest BCUT2D eigenvalue weighted by atomic mass is 10.2. The number of morpholine rings is 1.